The molecular formula is C12H9BFNO. The zero-order chi connectivity index (χ0) is 11.5. The van der Waals surface area contributed by atoms with Crippen molar-refractivity contribution in [1.29, 1.82) is 0 Å². The molecule has 2 rings (SSSR count). The Hall–Kier alpha value is -1.84. The number of nitrogens with zero attached hydrogens (tertiary/aromatic N) is 1. The quantitative estimate of drug-likeness (QED) is 0.712. The lowest BCUT2D eigenvalue weighted by Gasteiger charge is -2.06. The number of rotatable bonds is 2. The fourth-order valence-electron chi connectivity index (χ4n) is 1.29. The number of halogens is 1. The normalized spacial score (nSPS) is 10.1. The summed E-state index contributed by atoms with van der Waals surface area (Å²) in [6, 6.07) is 7.83. The van der Waals surface area contributed by atoms with Gasteiger partial charge in [0.1, 0.15) is 25.2 Å². The summed E-state index contributed by atoms with van der Waals surface area (Å²) >= 11 is 0. The molecule has 0 saturated heterocycles. The summed E-state index contributed by atoms with van der Waals surface area (Å²) in [4.78, 5) is 4.04. The van der Waals surface area contributed by atoms with E-state index in [2.05, 4.69) is 4.98 Å². The Morgan fingerprint density at radius 1 is 1.19 bits per heavy atom. The lowest BCUT2D eigenvalue weighted by Crippen LogP contribution is -2.07. The van der Waals surface area contributed by atoms with Crippen LogP contribution in [0.5, 0.6) is 11.5 Å². The van der Waals surface area contributed by atoms with E-state index >= 15 is 0 Å². The first-order valence-electron chi connectivity index (χ1n) is 4.81. The summed E-state index contributed by atoms with van der Waals surface area (Å²) in [5.41, 5.74) is 0.951. The van der Waals surface area contributed by atoms with E-state index in [9.17, 15) is 4.39 Å². The highest BCUT2D eigenvalue weighted by atomic mass is 19.1. The van der Waals surface area contributed by atoms with Crippen LogP contribution in [-0.4, -0.2) is 12.8 Å². The van der Waals surface area contributed by atoms with Gasteiger partial charge in [-0.15, -0.1) is 0 Å². The monoisotopic (exact) mass is 213 g/mol. The first-order chi connectivity index (χ1) is 7.65. The fraction of sp³-hybridized carbons (Fsp3) is 0.0833. The minimum atomic E-state index is -0.483. The molecule has 0 aliphatic heterocycles. The molecule has 0 spiro atoms. The summed E-state index contributed by atoms with van der Waals surface area (Å²) in [6.45, 7) is 1.86. The molecule has 0 amide bonds. The SMILES string of the molecule is [B]c1ccc(Oc2ccnc(C)c2)cc1F. The first-order valence-corrected chi connectivity index (χ1v) is 4.81. The van der Waals surface area contributed by atoms with Crippen molar-refractivity contribution in [3.8, 4) is 11.5 Å². The molecule has 0 N–H and O–H groups in total. The van der Waals surface area contributed by atoms with Crippen LogP contribution in [0.4, 0.5) is 4.39 Å². The van der Waals surface area contributed by atoms with Gasteiger partial charge in [-0.2, -0.15) is 0 Å². The lowest BCUT2D eigenvalue weighted by molar-refractivity contribution is 0.476. The van der Waals surface area contributed by atoms with Crippen molar-refractivity contribution in [2.24, 2.45) is 0 Å². The molecule has 1 aromatic heterocycles. The fourth-order valence-corrected chi connectivity index (χ4v) is 1.29. The number of hydrogen-bond donors (Lipinski definition) is 0. The van der Waals surface area contributed by atoms with Gasteiger partial charge in [-0.05, 0) is 19.1 Å². The van der Waals surface area contributed by atoms with Crippen LogP contribution in [0.15, 0.2) is 36.5 Å². The highest BCUT2D eigenvalue weighted by molar-refractivity contribution is 6.32. The van der Waals surface area contributed by atoms with Gasteiger partial charge in [-0.1, -0.05) is 11.5 Å². The van der Waals surface area contributed by atoms with Gasteiger partial charge in [0, 0.05) is 24.0 Å². The van der Waals surface area contributed by atoms with E-state index in [0.29, 0.717) is 11.5 Å². The van der Waals surface area contributed by atoms with E-state index < -0.39 is 5.82 Å². The molecule has 78 valence electrons. The summed E-state index contributed by atoms with van der Waals surface area (Å²) in [7, 11) is 5.37. The summed E-state index contributed by atoms with van der Waals surface area (Å²) in [5.74, 6) is 0.553. The molecule has 1 heterocycles. The second kappa shape index (κ2) is 4.35. The Bertz CT molecular complexity index is 516. The van der Waals surface area contributed by atoms with Gasteiger partial charge in [0.25, 0.3) is 0 Å². The molecule has 0 atom stereocenters. The van der Waals surface area contributed by atoms with Crippen LogP contribution < -0.4 is 10.2 Å². The molecule has 4 heteroatoms. The van der Waals surface area contributed by atoms with E-state index in [1.807, 2.05) is 6.92 Å². The van der Waals surface area contributed by atoms with E-state index in [1.165, 1.54) is 12.1 Å². The van der Waals surface area contributed by atoms with E-state index in [1.54, 1.807) is 24.4 Å². The highest BCUT2D eigenvalue weighted by Gasteiger charge is 2.01. The van der Waals surface area contributed by atoms with Crippen molar-refractivity contribution in [3.63, 3.8) is 0 Å². The zero-order valence-electron chi connectivity index (χ0n) is 8.77. The van der Waals surface area contributed by atoms with Gasteiger partial charge in [0.2, 0.25) is 0 Å². The van der Waals surface area contributed by atoms with E-state index in [-0.39, 0.29) is 5.46 Å². The van der Waals surface area contributed by atoms with Gasteiger partial charge >= 0.3 is 0 Å². The van der Waals surface area contributed by atoms with Crippen LogP contribution in [0.2, 0.25) is 0 Å². The predicted molar refractivity (Wildman–Crippen MR) is 60.8 cm³/mol. The Morgan fingerprint density at radius 3 is 2.62 bits per heavy atom. The molecule has 0 aliphatic rings. The number of pyridine rings is 1. The molecule has 0 unspecified atom stereocenters. The second-order valence-corrected chi connectivity index (χ2v) is 3.42. The third-order valence-electron chi connectivity index (χ3n) is 2.08. The van der Waals surface area contributed by atoms with Crippen molar-refractivity contribution >= 4 is 13.3 Å². The maximum atomic E-state index is 13.1. The number of ether oxygens (including phenoxy) is 1. The number of benzene rings is 1. The van der Waals surface area contributed by atoms with Crippen molar-refractivity contribution in [3.05, 3.63) is 48.0 Å². The maximum absolute atomic E-state index is 13.1. The molecule has 2 nitrogen and oxygen atoms in total. The molecule has 0 bridgehead atoms. The van der Waals surface area contributed by atoms with Crippen LogP contribution in [-0.2, 0) is 0 Å². The number of aryl methyl sites for hydroxylation is 1. The molecule has 1 aromatic carbocycles. The lowest BCUT2D eigenvalue weighted by atomic mass is 9.96. The maximum Gasteiger partial charge on any atom is 0.130 e. The molecular weight excluding hydrogens is 204 g/mol. The average molecular weight is 213 g/mol. The Labute approximate surface area is 94.5 Å². The molecule has 0 aliphatic carbocycles. The molecule has 0 saturated carbocycles. The Balaban J connectivity index is 2.24. The Kier molecular flexibility index (Phi) is 2.90. The average Bonchev–Trinajstić information content (AvgIpc) is 2.24. The van der Waals surface area contributed by atoms with Gasteiger partial charge in [-0.3, -0.25) is 4.98 Å². The van der Waals surface area contributed by atoms with Crippen LogP contribution in [0.3, 0.4) is 0 Å². The standard InChI is InChI=1S/C12H9BFNO/c1-8-6-10(4-5-15-8)16-9-2-3-11(13)12(14)7-9/h2-7H,1H3. The Morgan fingerprint density at radius 2 is 1.94 bits per heavy atom. The zero-order valence-corrected chi connectivity index (χ0v) is 8.77. The number of hydrogen-bond acceptors (Lipinski definition) is 2. The summed E-state index contributed by atoms with van der Waals surface area (Å²) in [6.07, 6.45) is 1.64. The minimum absolute atomic E-state index is 0.109. The molecule has 2 aromatic rings. The third kappa shape index (κ3) is 2.39. The van der Waals surface area contributed by atoms with Gasteiger partial charge in [-0.25, -0.2) is 4.39 Å². The van der Waals surface area contributed by atoms with E-state index in [4.69, 9.17) is 12.6 Å². The van der Waals surface area contributed by atoms with Crippen molar-refractivity contribution in [1.82, 2.24) is 4.98 Å². The van der Waals surface area contributed by atoms with Crippen LogP contribution in [0, 0.1) is 12.7 Å². The number of aromatic nitrogens is 1. The largest absolute Gasteiger partial charge is 0.457 e. The minimum Gasteiger partial charge on any atom is -0.457 e. The van der Waals surface area contributed by atoms with Crippen LogP contribution >= 0.6 is 0 Å². The van der Waals surface area contributed by atoms with Crippen molar-refractivity contribution in [2.45, 2.75) is 6.92 Å². The molecule has 2 radical (unpaired) electrons. The van der Waals surface area contributed by atoms with Crippen molar-refractivity contribution < 1.29 is 9.13 Å². The second-order valence-electron chi connectivity index (χ2n) is 3.42. The van der Waals surface area contributed by atoms with Gasteiger partial charge in [0.15, 0.2) is 0 Å². The molecule has 0 fully saturated rings. The summed E-state index contributed by atoms with van der Waals surface area (Å²) < 4.78 is 18.6. The summed E-state index contributed by atoms with van der Waals surface area (Å²) in [5, 5.41) is 0. The van der Waals surface area contributed by atoms with Gasteiger partial charge < -0.3 is 4.74 Å². The van der Waals surface area contributed by atoms with Crippen LogP contribution in [0.25, 0.3) is 0 Å². The first kappa shape index (κ1) is 10.7. The topological polar surface area (TPSA) is 22.1 Å². The predicted octanol–water partition coefficient (Wildman–Crippen LogP) is 2.12. The highest BCUT2D eigenvalue weighted by Crippen LogP contribution is 2.20. The van der Waals surface area contributed by atoms with Crippen molar-refractivity contribution in [2.75, 3.05) is 0 Å². The van der Waals surface area contributed by atoms with Gasteiger partial charge in [0.05, 0.1) is 0 Å². The third-order valence-corrected chi connectivity index (χ3v) is 2.08. The van der Waals surface area contributed by atoms with E-state index in [0.717, 1.165) is 5.69 Å². The van der Waals surface area contributed by atoms with Crippen LogP contribution in [0.1, 0.15) is 5.69 Å². The smallest absolute Gasteiger partial charge is 0.130 e. The molecule has 16 heavy (non-hydrogen) atoms.